The van der Waals surface area contributed by atoms with Crippen molar-refractivity contribution in [3.8, 4) is 9.88 Å². The van der Waals surface area contributed by atoms with E-state index in [1.807, 2.05) is 65.0 Å². The first-order chi connectivity index (χ1) is 13.6. The zero-order valence-corrected chi connectivity index (χ0v) is 17.4. The number of thiazole rings is 1. The van der Waals surface area contributed by atoms with Crippen LogP contribution in [0, 0.1) is 0 Å². The van der Waals surface area contributed by atoms with Gasteiger partial charge < -0.3 is 9.88 Å². The van der Waals surface area contributed by atoms with E-state index >= 15 is 0 Å². The Bertz CT molecular complexity index is 1070. The molecule has 4 rings (SSSR count). The highest BCUT2D eigenvalue weighted by molar-refractivity contribution is 7.20. The van der Waals surface area contributed by atoms with E-state index in [-0.39, 0.29) is 18.4 Å². The van der Waals surface area contributed by atoms with Gasteiger partial charge in [0.25, 0.3) is 0 Å². The summed E-state index contributed by atoms with van der Waals surface area (Å²) in [5, 5.41) is 8.64. The summed E-state index contributed by atoms with van der Waals surface area (Å²) in [6, 6.07) is 11.1. The molecule has 0 saturated heterocycles. The van der Waals surface area contributed by atoms with Gasteiger partial charge in [0.1, 0.15) is 16.9 Å². The second kappa shape index (κ2) is 8.26. The summed E-state index contributed by atoms with van der Waals surface area (Å²) in [5.74, 6) is 0.652. The summed E-state index contributed by atoms with van der Waals surface area (Å²) in [6.45, 7) is 0. The summed E-state index contributed by atoms with van der Waals surface area (Å²) in [7, 11) is 1.91. The van der Waals surface area contributed by atoms with Crippen molar-refractivity contribution >= 4 is 40.2 Å². The summed E-state index contributed by atoms with van der Waals surface area (Å²) < 4.78 is 1.90. The van der Waals surface area contributed by atoms with E-state index in [4.69, 9.17) is 11.6 Å². The molecule has 142 valence electrons. The van der Waals surface area contributed by atoms with Gasteiger partial charge in [0.15, 0.2) is 0 Å². The zero-order valence-electron chi connectivity index (χ0n) is 15.0. The second-order valence-corrected chi connectivity index (χ2v) is 8.49. The molecule has 8 heteroatoms. The fourth-order valence-corrected chi connectivity index (χ4v) is 4.65. The van der Waals surface area contributed by atoms with Crippen LogP contribution in [0.2, 0.25) is 5.02 Å². The highest BCUT2D eigenvalue weighted by atomic mass is 35.5. The largest absolute Gasteiger partial charge is 0.342 e. The van der Waals surface area contributed by atoms with Crippen molar-refractivity contribution in [3.63, 3.8) is 0 Å². The third-order valence-electron chi connectivity index (χ3n) is 4.25. The maximum absolute atomic E-state index is 12.8. The molecule has 0 radical (unpaired) electrons. The van der Waals surface area contributed by atoms with E-state index in [1.54, 1.807) is 28.9 Å². The van der Waals surface area contributed by atoms with Crippen molar-refractivity contribution in [1.82, 2.24) is 19.9 Å². The molecule has 28 heavy (non-hydrogen) atoms. The molecule has 4 aromatic rings. The van der Waals surface area contributed by atoms with E-state index in [0.29, 0.717) is 5.02 Å². The van der Waals surface area contributed by atoms with Crippen LogP contribution < -0.4 is 5.32 Å². The Kier molecular flexibility index (Phi) is 5.57. The Morgan fingerprint density at radius 2 is 2.07 bits per heavy atom. The number of carbonyl (C=O) groups is 1. The summed E-state index contributed by atoms with van der Waals surface area (Å²) in [4.78, 5) is 22.9. The van der Waals surface area contributed by atoms with Crippen molar-refractivity contribution < 1.29 is 4.79 Å². The van der Waals surface area contributed by atoms with Crippen LogP contribution in [-0.4, -0.2) is 20.4 Å². The summed E-state index contributed by atoms with van der Waals surface area (Å²) in [6.07, 6.45) is 3.80. The van der Waals surface area contributed by atoms with Crippen molar-refractivity contribution in [1.29, 1.82) is 0 Å². The Morgan fingerprint density at radius 1 is 1.25 bits per heavy atom. The number of hydrogen-bond donors (Lipinski definition) is 1. The number of thiophene rings is 1. The molecule has 1 atom stereocenters. The lowest BCUT2D eigenvalue weighted by molar-refractivity contribution is -0.121. The number of amides is 1. The minimum Gasteiger partial charge on any atom is -0.342 e. The molecule has 0 aliphatic carbocycles. The van der Waals surface area contributed by atoms with Crippen LogP contribution in [0.3, 0.4) is 0 Å². The SMILES string of the molecule is Cn1ccnc1[C@@H](NC(=O)Cc1csc(-c2cccs2)n1)c1ccc(Cl)cc1. The zero-order chi connectivity index (χ0) is 19.5. The van der Waals surface area contributed by atoms with Crippen molar-refractivity contribution in [2.75, 3.05) is 0 Å². The van der Waals surface area contributed by atoms with Gasteiger partial charge in [0.05, 0.1) is 17.0 Å². The van der Waals surface area contributed by atoms with Gasteiger partial charge in [-0.1, -0.05) is 29.8 Å². The van der Waals surface area contributed by atoms with E-state index in [0.717, 1.165) is 27.0 Å². The molecular weight excluding hydrogens is 412 g/mol. The molecule has 1 aromatic carbocycles. The fraction of sp³-hybridized carbons (Fsp3) is 0.150. The molecule has 5 nitrogen and oxygen atoms in total. The average molecular weight is 429 g/mol. The summed E-state index contributed by atoms with van der Waals surface area (Å²) >= 11 is 9.21. The Hall–Kier alpha value is -2.48. The first-order valence-corrected chi connectivity index (χ1v) is 10.7. The van der Waals surface area contributed by atoms with Gasteiger partial charge in [-0.25, -0.2) is 9.97 Å². The number of rotatable bonds is 6. The van der Waals surface area contributed by atoms with Crippen LogP contribution in [0.5, 0.6) is 0 Å². The van der Waals surface area contributed by atoms with Gasteiger partial charge in [0, 0.05) is 29.8 Å². The molecule has 0 unspecified atom stereocenters. The van der Waals surface area contributed by atoms with Crippen LogP contribution in [0.1, 0.15) is 23.1 Å². The first kappa shape index (κ1) is 18.9. The number of nitrogens with zero attached hydrogens (tertiary/aromatic N) is 3. The van der Waals surface area contributed by atoms with Crippen LogP contribution in [0.25, 0.3) is 9.88 Å². The number of aryl methyl sites for hydroxylation is 1. The maximum atomic E-state index is 12.8. The molecular formula is C20H17ClN4OS2. The summed E-state index contributed by atoms with van der Waals surface area (Å²) in [5.41, 5.74) is 1.69. The number of halogens is 1. The van der Waals surface area contributed by atoms with E-state index < -0.39 is 0 Å². The first-order valence-electron chi connectivity index (χ1n) is 8.60. The monoisotopic (exact) mass is 428 g/mol. The van der Waals surface area contributed by atoms with Crippen LogP contribution >= 0.6 is 34.3 Å². The van der Waals surface area contributed by atoms with E-state index in [1.165, 1.54) is 0 Å². The number of benzene rings is 1. The quantitative estimate of drug-likeness (QED) is 0.484. The van der Waals surface area contributed by atoms with Crippen molar-refractivity contribution in [2.45, 2.75) is 12.5 Å². The highest BCUT2D eigenvalue weighted by Crippen LogP contribution is 2.28. The molecule has 3 aromatic heterocycles. The van der Waals surface area contributed by atoms with Gasteiger partial charge in [-0.15, -0.1) is 22.7 Å². The van der Waals surface area contributed by atoms with Crippen molar-refractivity contribution in [3.05, 3.63) is 81.7 Å². The predicted octanol–water partition coefficient (Wildman–Crippen LogP) is 4.71. The number of aromatic nitrogens is 3. The smallest absolute Gasteiger partial charge is 0.226 e. The van der Waals surface area contributed by atoms with Crippen LogP contribution in [0.15, 0.2) is 59.6 Å². The predicted molar refractivity (Wildman–Crippen MR) is 114 cm³/mol. The number of imidazole rings is 1. The molecule has 1 N–H and O–H groups in total. The molecule has 1 amide bonds. The molecule has 0 saturated carbocycles. The maximum Gasteiger partial charge on any atom is 0.226 e. The fourth-order valence-electron chi connectivity index (χ4n) is 2.89. The molecule has 0 bridgehead atoms. The molecule has 0 fully saturated rings. The van der Waals surface area contributed by atoms with Gasteiger partial charge >= 0.3 is 0 Å². The average Bonchev–Trinajstić information content (AvgIpc) is 3.42. The Balaban J connectivity index is 1.52. The molecule has 0 aliphatic rings. The lowest BCUT2D eigenvalue weighted by Crippen LogP contribution is -2.32. The Labute approximate surface area is 175 Å². The highest BCUT2D eigenvalue weighted by Gasteiger charge is 2.21. The third kappa shape index (κ3) is 4.16. The standard InChI is InChI=1S/C20H17ClN4OS2/c1-25-9-8-22-19(25)18(13-4-6-14(21)7-5-13)24-17(26)11-15-12-28-20(23-15)16-3-2-10-27-16/h2-10,12,18H,11H2,1H3,(H,24,26)/t18-/m0/s1. The lowest BCUT2D eigenvalue weighted by atomic mass is 10.1. The molecule has 0 aliphatic heterocycles. The molecule has 0 spiro atoms. The van der Waals surface area contributed by atoms with Gasteiger partial charge in [-0.05, 0) is 29.1 Å². The lowest BCUT2D eigenvalue weighted by Gasteiger charge is -2.19. The third-order valence-corrected chi connectivity index (χ3v) is 6.43. The second-order valence-electron chi connectivity index (χ2n) is 6.25. The number of carbonyl (C=O) groups excluding carboxylic acids is 1. The number of nitrogens with one attached hydrogen (secondary N) is 1. The minimum absolute atomic E-state index is 0.106. The van der Waals surface area contributed by atoms with Crippen LogP contribution in [0.4, 0.5) is 0 Å². The van der Waals surface area contributed by atoms with Crippen molar-refractivity contribution in [2.24, 2.45) is 7.05 Å². The normalized spacial score (nSPS) is 12.1. The van der Waals surface area contributed by atoms with Crippen LogP contribution in [-0.2, 0) is 18.3 Å². The van der Waals surface area contributed by atoms with Gasteiger partial charge in [0.2, 0.25) is 5.91 Å². The van der Waals surface area contributed by atoms with Gasteiger partial charge in [-0.3, -0.25) is 4.79 Å². The topological polar surface area (TPSA) is 59.8 Å². The van der Waals surface area contributed by atoms with Gasteiger partial charge in [-0.2, -0.15) is 0 Å². The number of hydrogen-bond acceptors (Lipinski definition) is 5. The Morgan fingerprint density at radius 3 is 2.75 bits per heavy atom. The van der Waals surface area contributed by atoms with E-state index in [9.17, 15) is 4.79 Å². The molecule has 3 heterocycles. The minimum atomic E-state index is -0.361. The van der Waals surface area contributed by atoms with E-state index in [2.05, 4.69) is 15.3 Å².